The van der Waals surface area contributed by atoms with Crippen molar-refractivity contribution in [3.8, 4) is 11.3 Å². The van der Waals surface area contributed by atoms with Gasteiger partial charge in [0.2, 0.25) is 0 Å². The van der Waals surface area contributed by atoms with Crippen LogP contribution in [0.5, 0.6) is 0 Å². The average Bonchev–Trinajstić information content (AvgIpc) is 3.36. The van der Waals surface area contributed by atoms with Gasteiger partial charge in [0, 0.05) is 37.8 Å². The number of carbonyl (C=O) groups excluding carboxylic acids is 1. The van der Waals surface area contributed by atoms with E-state index in [4.69, 9.17) is 0 Å². The molecule has 2 fully saturated rings. The fourth-order valence-corrected chi connectivity index (χ4v) is 4.03. The van der Waals surface area contributed by atoms with E-state index in [-0.39, 0.29) is 12.1 Å². The number of piperidine rings is 1. The van der Waals surface area contributed by atoms with E-state index in [1.165, 1.54) is 6.33 Å². The van der Waals surface area contributed by atoms with E-state index in [0.29, 0.717) is 5.78 Å². The van der Waals surface area contributed by atoms with Crippen molar-refractivity contribution in [1.82, 2.24) is 29.8 Å². The van der Waals surface area contributed by atoms with E-state index in [1.807, 2.05) is 35.2 Å². The number of nitrogens with zero attached hydrogens (tertiary/aromatic N) is 6. The molecule has 138 valence electrons. The molecule has 27 heavy (non-hydrogen) atoms. The number of hydrogen-bond donors (Lipinski definition) is 1. The monoisotopic (exact) mass is 363 g/mol. The van der Waals surface area contributed by atoms with Crippen molar-refractivity contribution in [2.75, 3.05) is 31.1 Å². The molecule has 0 aliphatic carbocycles. The van der Waals surface area contributed by atoms with Crippen LogP contribution in [0.25, 0.3) is 17.0 Å². The Balaban J connectivity index is 1.52. The first-order valence-electron chi connectivity index (χ1n) is 9.35. The molecule has 1 aromatic carbocycles. The molecule has 3 aromatic rings. The number of fused-ring (bicyclic) bond motifs is 1. The molecule has 8 heteroatoms. The molecular formula is C19H21N7O. The number of aromatic nitrogens is 4. The molecule has 1 unspecified atom stereocenters. The van der Waals surface area contributed by atoms with Crippen LogP contribution in [-0.4, -0.2) is 62.7 Å². The minimum Gasteiger partial charge on any atom is -0.354 e. The quantitative estimate of drug-likeness (QED) is 0.767. The summed E-state index contributed by atoms with van der Waals surface area (Å²) in [7, 11) is 0. The topological polar surface area (TPSA) is 78.7 Å². The summed E-state index contributed by atoms with van der Waals surface area (Å²) in [5.74, 6) is 1.56. The fraction of sp³-hybridized carbons (Fsp3) is 0.368. The fourth-order valence-electron chi connectivity index (χ4n) is 4.03. The average molecular weight is 363 g/mol. The van der Waals surface area contributed by atoms with Gasteiger partial charge >= 0.3 is 6.03 Å². The number of benzene rings is 1. The molecule has 1 N–H and O–H groups in total. The maximum absolute atomic E-state index is 12.1. The number of carbonyl (C=O) groups is 1. The Bertz CT molecular complexity index is 971. The van der Waals surface area contributed by atoms with Crippen molar-refractivity contribution in [3.63, 3.8) is 0 Å². The number of anilines is 1. The number of hydrogen-bond acceptors (Lipinski definition) is 5. The predicted octanol–water partition coefficient (Wildman–Crippen LogP) is 1.79. The zero-order valence-corrected chi connectivity index (χ0v) is 15.0. The first-order valence-corrected chi connectivity index (χ1v) is 9.35. The van der Waals surface area contributed by atoms with Crippen LogP contribution in [0.1, 0.15) is 12.8 Å². The van der Waals surface area contributed by atoms with Crippen LogP contribution in [0, 0.1) is 0 Å². The van der Waals surface area contributed by atoms with Gasteiger partial charge in [-0.2, -0.15) is 14.6 Å². The lowest BCUT2D eigenvalue weighted by Crippen LogP contribution is -2.49. The minimum absolute atomic E-state index is 0.0486. The smallest absolute Gasteiger partial charge is 0.317 e. The van der Waals surface area contributed by atoms with E-state index < -0.39 is 0 Å². The highest BCUT2D eigenvalue weighted by atomic mass is 16.2. The molecule has 0 saturated carbocycles. The Morgan fingerprint density at radius 1 is 1.15 bits per heavy atom. The van der Waals surface area contributed by atoms with Crippen molar-refractivity contribution < 1.29 is 4.79 Å². The Morgan fingerprint density at radius 2 is 2.04 bits per heavy atom. The predicted molar refractivity (Wildman–Crippen MR) is 102 cm³/mol. The van der Waals surface area contributed by atoms with Crippen LogP contribution in [0.2, 0.25) is 0 Å². The highest BCUT2D eigenvalue weighted by Gasteiger charge is 2.32. The molecule has 0 spiro atoms. The summed E-state index contributed by atoms with van der Waals surface area (Å²) < 4.78 is 1.79. The Labute approximate surface area is 156 Å². The number of nitrogens with one attached hydrogen (secondary N) is 1. The summed E-state index contributed by atoms with van der Waals surface area (Å²) in [6.45, 7) is 3.23. The van der Waals surface area contributed by atoms with Gasteiger partial charge in [0.05, 0.1) is 11.7 Å². The van der Waals surface area contributed by atoms with Crippen molar-refractivity contribution in [2.24, 2.45) is 0 Å². The number of rotatable bonds is 3. The third-order valence-electron chi connectivity index (χ3n) is 5.35. The molecule has 2 aliphatic heterocycles. The number of urea groups is 1. The van der Waals surface area contributed by atoms with Gasteiger partial charge in [0.1, 0.15) is 12.1 Å². The van der Waals surface area contributed by atoms with Gasteiger partial charge in [-0.3, -0.25) is 0 Å². The summed E-state index contributed by atoms with van der Waals surface area (Å²) in [4.78, 5) is 25.3. The molecule has 2 saturated heterocycles. The van der Waals surface area contributed by atoms with E-state index in [1.54, 1.807) is 4.52 Å². The molecular weight excluding hydrogens is 342 g/mol. The molecule has 4 heterocycles. The van der Waals surface area contributed by atoms with E-state index in [0.717, 1.165) is 56.1 Å². The molecule has 2 amide bonds. The third-order valence-corrected chi connectivity index (χ3v) is 5.35. The molecule has 0 bridgehead atoms. The lowest BCUT2D eigenvalue weighted by atomic mass is 10.0. The molecule has 2 aliphatic rings. The van der Waals surface area contributed by atoms with Gasteiger partial charge in [-0.15, -0.1) is 0 Å². The molecule has 0 radical (unpaired) electrons. The minimum atomic E-state index is 0.0486. The van der Waals surface area contributed by atoms with E-state index >= 15 is 0 Å². The van der Waals surface area contributed by atoms with Crippen LogP contribution in [0.3, 0.4) is 0 Å². The van der Waals surface area contributed by atoms with Crippen LogP contribution in [-0.2, 0) is 0 Å². The SMILES string of the molecule is O=C1NCCN1C1CCCN(c2cc(-c3ccccc3)nc3ncnn23)C1. The molecule has 1 atom stereocenters. The maximum Gasteiger partial charge on any atom is 0.317 e. The largest absolute Gasteiger partial charge is 0.354 e. The van der Waals surface area contributed by atoms with Gasteiger partial charge < -0.3 is 15.1 Å². The first kappa shape index (κ1) is 16.0. The third kappa shape index (κ3) is 2.87. The second kappa shape index (κ2) is 6.53. The first-order chi connectivity index (χ1) is 13.3. The van der Waals surface area contributed by atoms with Crippen LogP contribution in [0.15, 0.2) is 42.7 Å². The van der Waals surface area contributed by atoms with Crippen molar-refractivity contribution in [2.45, 2.75) is 18.9 Å². The van der Waals surface area contributed by atoms with Gasteiger partial charge in [0.25, 0.3) is 5.78 Å². The normalized spacial score (nSPS) is 20.3. The summed E-state index contributed by atoms with van der Waals surface area (Å²) in [6.07, 6.45) is 3.60. The standard InChI is InChI=1S/C19H21N7O/c27-19-20-8-10-25(19)15-7-4-9-24(12-15)17-11-16(14-5-2-1-3-6-14)23-18-21-13-22-26(17)18/h1-3,5-6,11,13,15H,4,7-10,12H2,(H,20,27). The molecule has 2 aromatic heterocycles. The zero-order chi connectivity index (χ0) is 18.2. The lowest BCUT2D eigenvalue weighted by molar-refractivity contribution is 0.189. The van der Waals surface area contributed by atoms with Crippen molar-refractivity contribution in [1.29, 1.82) is 0 Å². The summed E-state index contributed by atoms with van der Waals surface area (Å²) >= 11 is 0. The van der Waals surface area contributed by atoms with Gasteiger partial charge in [-0.25, -0.2) is 9.78 Å². The Morgan fingerprint density at radius 3 is 2.85 bits per heavy atom. The second-order valence-electron chi connectivity index (χ2n) is 7.00. The highest BCUT2D eigenvalue weighted by molar-refractivity contribution is 5.76. The van der Waals surface area contributed by atoms with Gasteiger partial charge in [0.15, 0.2) is 0 Å². The Hall–Kier alpha value is -3.16. The van der Waals surface area contributed by atoms with Crippen LogP contribution < -0.4 is 10.2 Å². The van der Waals surface area contributed by atoms with Crippen LogP contribution in [0.4, 0.5) is 10.6 Å². The maximum atomic E-state index is 12.1. The summed E-state index contributed by atoms with van der Waals surface area (Å²) in [5.41, 5.74) is 1.93. The Kier molecular flexibility index (Phi) is 3.88. The van der Waals surface area contributed by atoms with Crippen LogP contribution >= 0.6 is 0 Å². The molecule has 5 rings (SSSR count). The highest BCUT2D eigenvalue weighted by Crippen LogP contribution is 2.27. The van der Waals surface area contributed by atoms with Crippen molar-refractivity contribution >= 4 is 17.6 Å². The van der Waals surface area contributed by atoms with E-state index in [2.05, 4.69) is 31.3 Å². The molecule has 8 nitrogen and oxygen atoms in total. The zero-order valence-electron chi connectivity index (χ0n) is 15.0. The summed E-state index contributed by atoms with van der Waals surface area (Å²) in [6, 6.07) is 12.4. The van der Waals surface area contributed by atoms with Gasteiger partial charge in [-0.05, 0) is 12.8 Å². The number of amides is 2. The lowest BCUT2D eigenvalue weighted by Gasteiger charge is -2.38. The van der Waals surface area contributed by atoms with Crippen molar-refractivity contribution in [3.05, 3.63) is 42.7 Å². The second-order valence-corrected chi connectivity index (χ2v) is 7.00. The van der Waals surface area contributed by atoms with Gasteiger partial charge in [-0.1, -0.05) is 30.3 Å². The van der Waals surface area contributed by atoms with E-state index in [9.17, 15) is 4.79 Å². The summed E-state index contributed by atoms with van der Waals surface area (Å²) in [5, 5.41) is 7.28.